The Balaban J connectivity index is -0.00000128. The molecule has 0 rings (SSSR count). The average molecular weight is 317 g/mol. The van der Waals surface area contributed by atoms with Crippen molar-refractivity contribution in [1.29, 1.82) is 0 Å². The van der Waals surface area contributed by atoms with E-state index in [1.807, 2.05) is 0 Å². The van der Waals surface area contributed by atoms with Gasteiger partial charge in [-0.05, 0) is 33.1 Å². The molecule has 0 spiro atoms. The summed E-state index contributed by atoms with van der Waals surface area (Å²) in [6, 6.07) is -0.402. The minimum Gasteiger partial charge on any atom is -1.00 e. The van der Waals surface area contributed by atoms with Crippen LogP contribution in [0.25, 0.3) is 0 Å². The molecule has 0 heterocycles. The van der Waals surface area contributed by atoms with Crippen LogP contribution in [0, 0.1) is 0 Å². The number of hydrogen-bond acceptors (Lipinski definition) is 2. The van der Waals surface area contributed by atoms with Gasteiger partial charge in [0.15, 0.2) is 12.1 Å². The number of carbonyl (C=O) groups is 2. The van der Waals surface area contributed by atoms with E-state index >= 15 is 0 Å². The van der Waals surface area contributed by atoms with E-state index < -0.39 is 0 Å². The summed E-state index contributed by atoms with van der Waals surface area (Å²) in [5, 5.41) is 5.60. The minimum absolute atomic E-state index is 0. The van der Waals surface area contributed by atoms with E-state index in [-0.39, 0.29) is 48.7 Å². The van der Waals surface area contributed by atoms with Crippen molar-refractivity contribution in [3.05, 3.63) is 0 Å². The molecule has 8 heteroatoms. The van der Waals surface area contributed by atoms with Gasteiger partial charge in [0.2, 0.25) is 0 Å². The summed E-state index contributed by atoms with van der Waals surface area (Å²) in [7, 11) is 0. The molecular weight excluding hydrogens is 291 g/mol. The Bertz CT molecular complexity index is 227. The third-order valence-electron chi connectivity index (χ3n) is 2.35. The highest BCUT2D eigenvalue weighted by molar-refractivity contribution is 5.79. The first kappa shape index (κ1) is 23.5. The Morgan fingerprint density at radius 3 is 1.42 bits per heavy atom. The minimum atomic E-state index is -0.201. The molecule has 0 saturated carbocycles. The van der Waals surface area contributed by atoms with Crippen molar-refractivity contribution in [1.82, 2.24) is 10.6 Å². The Labute approximate surface area is 127 Å². The van der Waals surface area contributed by atoms with Crippen molar-refractivity contribution in [2.75, 3.05) is 13.1 Å². The lowest BCUT2D eigenvalue weighted by Crippen LogP contribution is -3.00. The van der Waals surface area contributed by atoms with E-state index in [9.17, 15) is 9.59 Å². The van der Waals surface area contributed by atoms with Crippen LogP contribution in [-0.2, 0) is 9.59 Å². The maximum Gasteiger partial charge on any atom is 0.277 e. The van der Waals surface area contributed by atoms with E-state index in [2.05, 4.69) is 22.1 Å². The third-order valence-corrected chi connectivity index (χ3v) is 2.35. The van der Waals surface area contributed by atoms with Crippen molar-refractivity contribution in [2.45, 2.75) is 45.2 Å². The number of carbonyl (C=O) groups excluding carboxylic acids is 2. The SMILES string of the molecule is C[C@H]([NH3+])C(=O)NCCCCCNC(=O)[C@H](C)[NH3+].[Cl-].[Cl-]. The molecule has 0 aromatic rings. The average Bonchev–Trinajstić information content (AvgIpc) is 2.26. The monoisotopic (exact) mass is 316 g/mol. The van der Waals surface area contributed by atoms with Gasteiger partial charge in [-0.25, -0.2) is 0 Å². The zero-order valence-electron chi connectivity index (χ0n) is 11.7. The number of unbranched alkanes of at least 4 members (excludes halogenated alkanes) is 2. The molecule has 116 valence electrons. The predicted octanol–water partition coefficient (Wildman–Crippen LogP) is -8.34. The van der Waals surface area contributed by atoms with Crippen LogP contribution < -0.4 is 46.9 Å². The molecule has 0 fully saturated rings. The van der Waals surface area contributed by atoms with Gasteiger partial charge in [-0.3, -0.25) is 9.59 Å². The van der Waals surface area contributed by atoms with E-state index in [1.54, 1.807) is 13.8 Å². The molecule has 0 aromatic heterocycles. The second kappa shape index (κ2) is 13.9. The molecule has 0 aliphatic heterocycles. The molecule has 0 aromatic carbocycles. The van der Waals surface area contributed by atoms with Crippen LogP contribution in [0.2, 0.25) is 0 Å². The lowest BCUT2D eigenvalue weighted by molar-refractivity contribution is -0.398. The van der Waals surface area contributed by atoms with Crippen LogP contribution in [0.3, 0.4) is 0 Å². The smallest absolute Gasteiger partial charge is 0.277 e. The zero-order valence-corrected chi connectivity index (χ0v) is 13.2. The van der Waals surface area contributed by atoms with Crippen molar-refractivity contribution >= 4 is 11.8 Å². The standard InChI is InChI=1S/C11H24N4O2.2ClH/c1-8(12)10(16)14-6-4-3-5-7-15-11(17)9(2)13;;/h8-9H,3-7,12-13H2,1-2H3,(H,14,16)(H,15,17);2*1H/t8-,9-;;/m0../s1. The highest BCUT2D eigenvalue weighted by Gasteiger charge is 2.09. The van der Waals surface area contributed by atoms with Gasteiger partial charge in [-0.2, -0.15) is 0 Å². The van der Waals surface area contributed by atoms with Crippen molar-refractivity contribution in [2.24, 2.45) is 0 Å². The Hall–Kier alpha value is -0.560. The van der Waals surface area contributed by atoms with Crippen LogP contribution in [0.1, 0.15) is 33.1 Å². The molecule has 0 radical (unpaired) electrons. The molecule has 0 aliphatic rings. The van der Waals surface area contributed by atoms with Gasteiger partial charge in [0.05, 0.1) is 0 Å². The summed E-state index contributed by atoms with van der Waals surface area (Å²) >= 11 is 0. The van der Waals surface area contributed by atoms with E-state index in [0.29, 0.717) is 13.1 Å². The summed E-state index contributed by atoms with van der Waals surface area (Å²) in [5.41, 5.74) is 7.27. The maximum atomic E-state index is 11.2. The summed E-state index contributed by atoms with van der Waals surface area (Å²) in [6.45, 7) is 4.90. The fraction of sp³-hybridized carbons (Fsp3) is 0.818. The zero-order chi connectivity index (χ0) is 13.3. The third kappa shape index (κ3) is 13.7. The van der Waals surface area contributed by atoms with Crippen LogP contribution in [-0.4, -0.2) is 37.0 Å². The van der Waals surface area contributed by atoms with Crippen molar-refractivity contribution in [3.8, 4) is 0 Å². The van der Waals surface area contributed by atoms with E-state index in [4.69, 9.17) is 0 Å². The van der Waals surface area contributed by atoms with Gasteiger partial charge in [-0.15, -0.1) is 0 Å². The quantitative estimate of drug-likeness (QED) is 0.333. The highest BCUT2D eigenvalue weighted by Crippen LogP contribution is 1.92. The topological polar surface area (TPSA) is 113 Å². The molecule has 2 atom stereocenters. The van der Waals surface area contributed by atoms with Crippen LogP contribution in [0.5, 0.6) is 0 Å². The van der Waals surface area contributed by atoms with E-state index in [0.717, 1.165) is 19.3 Å². The number of quaternary nitrogens is 2. The second-order valence-corrected chi connectivity index (χ2v) is 4.44. The number of rotatable bonds is 8. The number of amides is 2. The normalized spacial score (nSPS) is 12.4. The van der Waals surface area contributed by atoms with Crippen LogP contribution in [0.15, 0.2) is 0 Å². The Kier molecular flexibility index (Phi) is 17.2. The number of halogens is 2. The lowest BCUT2D eigenvalue weighted by Gasteiger charge is -2.07. The largest absolute Gasteiger partial charge is 1.00 e. The van der Waals surface area contributed by atoms with Gasteiger partial charge in [0.25, 0.3) is 11.8 Å². The first-order valence-electron chi connectivity index (χ1n) is 6.16. The Morgan fingerprint density at radius 2 is 1.16 bits per heavy atom. The van der Waals surface area contributed by atoms with Gasteiger partial charge in [0, 0.05) is 13.1 Å². The summed E-state index contributed by atoms with van der Waals surface area (Å²) < 4.78 is 0. The first-order valence-corrected chi connectivity index (χ1v) is 6.16. The van der Waals surface area contributed by atoms with Gasteiger partial charge >= 0.3 is 0 Å². The predicted molar refractivity (Wildman–Crippen MR) is 64.6 cm³/mol. The fourth-order valence-corrected chi connectivity index (χ4v) is 1.20. The van der Waals surface area contributed by atoms with Gasteiger partial charge in [0.1, 0.15) is 0 Å². The maximum absolute atomic E-state index is 11.2. The van der Waals surface area contributed by atoms with Crippen molar-refractivity contribution < 1.29 is 45.9 Å². The molecule has 2 amide bonds. The molecule has 6 nitrogen and oxygen atoms in total. The Morgan fingerprint density at radius 1 is 0.842 bits per heavy atom. The molecule has 19 heavy (non-hydrogen) atoms. The summed E-state index contributed by atoms with van der Waals surface area (Å²) in [5.74, 6) is -0.0200. The number of hydrogen-bond donors (Lipinski definition) is 4. The van der Waals surface area contributed by atoms with Crippen LogP contribution in [0.4, 0.5) is 0 Å². The molecule has 8 N–H and O–H groups in total. The molecule has 0 aliphatic carbocycles. The van der Waals surface area contributed by atoms with E-state index in [1.165, 1.54) is 0 Å². The molecule has 0 saturated heterocycles. The first-order chi connectivity index (χ1) is 7.95. The van der Waals surface area contributed by atoms with Crippen molar-refractivity contribution in [3.63, 3.8) is 0 Å². The fourth-order valence-electron chi connectivity index (χ4n) is 1.20. The lowest BCUT2D eigenvalue weighted by atomic mass is 10.2. The second-order valence-electron chi connectivity index (χ2n) is 4.44. The summed E-state index contributed by atoms with van der Waals surface area (Å²) in [4.78, 5) is 22.3. The molecule has 0 bridgehead atoms. The van der Waals surface area contributed by atoms with Gasteiger partial charge < -0.3 is 46.9 Å². The van der Waals surface area contributed by atoms with Crippen LogP contribution >= 0.6 is 0 Å². The molecule has 0 unspecified atom stereocenters. The van der Waals surface area contributed by atoms with Gasteiger partial charge in [-0.1, -0.05) is 0 Å². The molecular formula is C11H26Cl2N4O2. The number of nitrogens with one attached hydrogen (secondary N) is 2. The summed E-state index contributed by atoms with van der Waals surface area (Å²) in [6.07, 6.45) is 2.83. The highest BCUT2D eigenvalue weighted by atomic mass is 35.5.